The summed E-state index contributed by atoms with van der Waals surface area (Å²) in [6, 6.07) is 10.5. The lowest BCUT2D eigenvalue weighted by Gasteiger charge is -2.36. The van der Waals surface area contributed by atoms with Crippen molar-refractivity contribution in [1.29, 1.82) is 5.26 Å². The zero-order chi connectivity index (χ0) is 30.1. The Balaban J connectivity index is 1.96. The van der Waals surface area contributed by atoms with E-state index >= 15 is 0 Å². The first-order valence-electron chi connectivity index (χ1n) is 12.7. The number of esters is 1. The maximum atomic E-state index is 13.6. The number of halogens is 3. The minimum Gasteiger partial charge on any atom is -0.466 e. The first-order valence-corrected chi connectivity index (χ1v) is 12.7. The number of aromatic amines is 1. The highest BCUT2D eigenvalue weighted by Crippen LogP contribution is 2.43. The predicted molar refractivity (Wildman–Crippen MR) is 143 cm³/mol. The highest BCUT2D eigenvalue weighted by atomic mass is 19.4. The summed E-state index contributed by atoms with van der Waals surface area (Å²) in [5, 5.41) is 25.5. The molecular formula is C28H30F3N6O4+. The molecule has 0 spiro atoms. The second kappa shape index (κ2) is 11.2. The summed E-state index contributed by atoms with van der Waals surface area (Å²) in [6.45, 7) is 2.58. The molecule has 13 heteroatoms. The largest absolute Gasteiger partial charge is 0.466 e. The van der Waals surface area contributed by atoms with Crippen LogP contribution in [0.3, 0.4) is 0 Å². The molecule has 0 saturated carbocycles. The van der Waals surface area contributed by atoms with E-state index in [0.717, 1.165) is 12.1 Å². The maximum absolute atomic E-state index is 13.6. The van der Waals surface area contributed by atoms with Crippen molar-refractivity contribution in [2.75, 3.05) is 45.8 Å². The van der Waals surface area contributed by atoms with Crippen LogP contribution in [-0.2, 0) is 22.1 Å². The molecule has 10 nitrogen and oxygen atoms in total. The van der Waals surface area contributed by atoms with Gasteiger partial charge in [-0.3, -0.25) is 4.90 Å². The minimum absolute atomic E-state index is 0.0174. The molecule has 2 aromatic carbocycles. The molecule has 1 aromatic heterocycles. The number of carbonyl (C=O) groups excluding carboxylic acids is 1. The van der Waals surface area contributed by atoms with E-state index in [4.69, 9.17) is 4.74 Å². The highest BCUT2D eigenvalue weighted by Gasteiger charge is 2.41. The van der Waals surface area contributed by atoms with E-state index in [1.165, 1.54) is 28.7 Å². The van der Waals surface area contributed by atoms with Gasteiger partial charge in [0.25, 0.3) is 0 Å². The first-order chi connectivity index (χ1) is 19.3. The fraction of sp³-hybridized carbons (Fsp3) is 0.357. The molecule has 0 amide bonds. The van der Waals surface area contributed by atoms with Gasteiger partial charge < -0.3 is 14.3 Å². The van der Waals surface area contributed by atoms with Crippen LogP contribution in [0.15, 0.2) is 58.5 Å². The van der Waals surface area contributed by atoms with Crippen LogP contribution >= 0.6 is 0 Å². The number of aliphatic hydroxyl groups is 1. The van der Waals surface area contributed by atoms with Crippen LogP contribution in [0.1, 0.15) is 35.2 Å². The van der Waals surface area contributed by atoms with Gasteiger partial charge in [-0.1, -0.05) is 12.1 Å². The van der Waals surface area contributed by atoms with E-state index in [2.05, 4.69) is 16.3 Å². The summed E-state index contributed by atoms with van der Waals surface area (Å²) >= 11 is 0. The van der Waals surface area contributed by atoms with Gasteiger partial charge in [-0.2, -0.15) is 18.4 Å². The molecule has 1 aliphatic heterocycles. The Morgan fingerprint density at radius 2 is 1.95 bits per heavy atom. The van der Waals surface area contributed by atoms with Crippen molar-refractivity contribution in [3.8, 4) is 6.07 Å². The number of carbonyl (C=O) groups is 1. The Morgan fingerprint density at radius 3 is 2.59 bits per heavy atom. The zero-order valence-electron chi connectivity index (χ0n) is 23.0. The van der Waals surface area contributed by atoms with Gasteiger partial charge in [-0.25, -0.2) is 19.3 Å². The van der Waals surface area contributed by atoms with Crippen molar-refractivity contribution in [1.82, 2.24) is 14.8 Å². The Labute approximate surface area is 234 Å². The third-order valence-electron chi connectivity index (χ3n) is 7.24. The van der Waals surface area contributed by atoms with Crippen molar-refractivity contribution >= 4 is 17.6 Å². The molecule has 3 aromatic rings. The molecule has 1 unspecified atom stereocenters. The van der Waals surface area contributed by atoms with Gasteiger partial charge in [0.1, 0.15) is 12.6 Å². The summed E-state index contributed by atoms with van der Waals surface area (Å²) in [5.74, 6) is -0.800. The number of nitriles is 1. The number of benzene rings is 2. The summed E-state index contributed by atoms with van der Waals surface area (Å²) in [5.41, 5.74) is 0.267. The van der Waals surface area contributed by atoms with E-state index in [9.17, 15) is 33.1 Å². The number of allylic oxidation sites excluding steroid dienone is 1. The average Bonchev–Trinajstić information content (AvgIpc) is 3.31. The number of alkyl halides is 3. The summed E-state index contributed by atoms with van der Waals surface area (Å²) < 4.78 is 47.5. The summed E-state index contributed by atoms with van der Waals surface area (Å²) in [4.78, 5) is 27.9. The van der Waals surface area contributed by atoms with Gasteiger partial charge in [-0.05, 0) is 48.4 Å². The molecule has 216 valence electrons. The van der Waals surface area contributed by atoms with Crippen LogP contribution < -0.4 is 10.6 Å². The van der Waals surface area contributed by atoms with E-state index < -0.39 is 29.4 Å². The predicted octanol–water partition coefficient (Wildman–Crippen LogP) is 3.26. The molecule has 2 N–H and O–H groups in total. The second-order valence-electron chi connectivity index (χ2n) is 10.4. The third-order valence-corrected chi connectivity index (χ3v) is 7.24. The number of H-pyrrole nitrogens is 1. The van der Waals surface area contributed by atoms with Crippen LogP contribution in [0.5, 0.6) is 0 Å². The van der Waals surface area contributed by atoms with Crippen LogP contribution in [0.4, 0.5) is 24.8 Å². The number of likely N-dealkylation sites (N-methyl/N-ethyl adjacent to an activating group) is 1. The van der Waals surface area contributed by atoms with Crippen molar-refractivity contribution in [2.24, 2.45) is 0 Å². The molecule has 0 bridgehead atoms. The van der Waals surface area contributed by atoms with Crippen molar-refractivity contribution in [2.45, 2.75) is 25.6 Å². The smallest absolute Gasteiger partial charge is 0.416 e. The Kier molecular flexibility index (Phi) is 8.10. The molecular weight excluding hydrogens is 541 g/mol. The average molecular weight is 572 g/mol. The molecule has 0 saturated heterocycles. The van der Waals surface area contributed by atoms with Crippen LogP contribution in [0, 0.1) is 11.3 Å². The molecule has 4 rings (SSSR count). The monoisotopic (exact) mass is 571 g/mol. The summed E-state index contributed by atoms with van der Waals surface area (Å²) in [6.07, 6.45) is -4.19. The van der Waals surface area contributed by atoms with Crippen LogP contribution in [0.2, 0.25) is 0 Å². The van der Waals surface area contributed by atoms with Crippen LogP contribution in [-0.4, -0.2) is 71.2 Å². The number of rotatable bonds is 8. The molecule has 2 heterocycles. The lowest BCUT2D eigenvalue weighted by atomic mass is 9.89. The zero-order valence-corrected chi connectivity index (χ0v) is 23.0. The fourth-order valence-electron chi connectivity index (χ4n) is 5.04. The molecule has 0 fully saturated rings. The Morgan fingerprint density at radius 1 is 1.22 bits per heavy atom. The van der Waals surface area contributed by atoms with E-state index in [1.807, 2.05) is 14.1 Å². The standard InChI is InChI=1S/C28H29F3N6O4/c1-17-23(25(39)41-4)24(22-9-8-18(16-32)14-19(22)10-11-37(2,3)12-13-38)36-26(33-34-27(36)40)35(17)21-7-5-6-20(15-21)28(29,30)31/h5-9,14-15,24,38H,10-13H2,1-4H3/p+1. The van der Waals surface area contributed by atoms with Gasteiger partial charge >= 0.3 is 17.8 Å². The van der Waals surface area contributed by atoms with Crippen LogP contribution in [0.25, 0.3) is 0 Å². The Bertz CT molecular complexity index is 1600. The number of ether oxygens (including phenoxy) is 1. The number of quaternary nitrogens is 1. The van der Waals surface area contributed by atoms with Crippen molar-refractivity contribution in [3.05, 3.63) is 86.5 Å². The SMILES string of the molecule is COC(=O)C1=C(C)N(c2cccc(C(F)(F)F)c2)c2n[nH]c(=O)n2C1c1ccc(C#N)cc1CC[N+](C)(C)CCO. The first kappa shape index (κ1) is 29.6. The highest BCUT2D eigenvalue weighted by molar-refractivity contribution is 5.93. The normalized spacial score (nSPS) is 15.5. The second-order valence-corrected chi connectivity index (χ2v) is 10.4. The van der Waals surface area contributed by atoms with E-state index in [-0.39, 0.29) is 29.5 Å². The fourth-order valence-corrected chi connectivity index (χ4v) is 5.04. The number of hydrogen-bond acceptors (Lipinski definition) is 7. The number of aliphatic hydroxyl groups excluding tert-OH is 1. The number of fused-ring (bicyclic) bond motifs is 1. The molecule has 1 aliphatic rings. The lowest BCUT2D eigenvalue weighted by molar-refractivity contribution is -0.890. The van der Waals surface area contributed by atoms with Gasteiger partial charge in [0, 0.05) is 17.8 Å². The van der Waals surface area contributed by atoms with E-state index in [0.29, 0.717) is 40.7 Å². The maximum Gasteiger partial charge on any atom is 0.416 e. The number of aromatic nitrogens is 3. The van der Waals surface area contributed by atoms with Crippen molar-refractivity contribution in [3.63, 3.8) is 0 Å². The number of hydrogen-bond donors (Lipinski definition) is 2. The van der Waals surface area contributed by atoms with Gasteiger partial charge in [0.15, 0.2) is 0 Å². The Hall–Kier alpha value is -4.41. The van der Waals surface area contributed by atoms with Gasteiger partial charge in [0.05, 0.1) is 57.1 Å². The minimum atomic E-state index is -4.62. The molecule has 41 heavy (non-hydrogen) atoms. The number of methoxy groups -OCH3 is 1. The molecule has 1 atom stereocenters. The number of anilines is 2. The van der Waals surface area contributed by atoms with E-state index in [1.54, 1.807) is 25.1 Å². The third kappa shape index (κ3) is 5.75. The number of nitrogens with zero attached hydrogens (tertiary/aromatic N) is 5. The quantitative estimate of drug-likeness (QED) is 0.314. The van der Waals surface area contributed by atoms with Gasteiger partial charge in [0.2, 0.25) is 5.95 Å². The lowest BCUT2D eigenvalue weighted by Crippen LogP contribution is -2.43. The molecule has 0 radical (unpaired) electrons. The summed E-state index contributed by atoms with van der Waals surface area (Å²) in [7, 11) is 5.07. The van der Waals surface area contributed by atoms with Gasteiger partial charge in [-0.15, -0.1) is 5.10 Å². The molecule has 0 aliphatic carbocycles. The van der Waals surface area contributed by atoms with Crippen molar-refractivity contribution < 1.29 is 32.3 Å². The number of nitrogens with one attached hydrogen (secondary N) is 1. The topological polar surface area (TPSA) is 124 Å².